The van der Waals surface area contributed by atoms with E-state index >= 15 is 0 Å². The number of methoxy groups -OCH3 is 2. The highest BCUT2D eigenvalue weighted by Crippen LogP contribution is 2.44. The molecule has 3 N–H and O–H groups in total. The maximum atomic E-state index is 14.5. The van der Waals surface area contributed by atoms with Crippen LogP contribution in [0.3, 0.4) is 0 Å². The van der Waals surface area contributed by atoms with Gasteiger partial charge in [0.2, 0.25) is 5.91 Å². The van der Waals surface area contributed by atoms with Gasteiger partial charge >= 0.3 is 0 Å². The maximum Gasteiger partial charge on any atom is 0.255 e. The van der Waals surface area contributed by atoms with Gasteiger partial charge in [0.05, 0.1) is 43.0 Å². The van der Waals surface area contributed by atoms with Crippen LogP contribution in [0.1, 0.15) is 28.4 Å². The average Bonchev–Trinajstić information content (AvgIpc) is 3.30. The van der Waals surface area contributed by atoms with Crippen LogP contribution < -0.4 is 20.1 Å². The fraction of sp³-hybridized carbons (Fsp3) is 0.346. The van der Waals surface area contributed by atoms with Crippen molar-refractivity contribution in [3.63, 3.8) is 0 Å². The Labute approximate surface area is 233 Å². The molecule has 1 aromatic carbocycles. The van der Waals surface area contributed by atoms with Gasteiger partial charge in [-0.3, -0.25) is 14.6 Å². The summed E-state index contributed by atoms with van der Waals surface area (Å²) in [6.45, 7) is 3.29. The average molecular weight is 634 g/mol. The van der Waals surface area contributed by atoms with Crippen molar-refractivity contribution in [1.29, 1.82) is 0 Å². The zero-order chi connectivity index (χ0) is 26.8. The van der Waals surface area contributed by atoms with Crippen molar-refractivity contribution in [2.75, 3.05) is 52.3 Å². The minimum absolute atomic E-state index is 0.0208. The van der Waals surface area contributed by atoms with Gasteiger partial charge in [-0.15, -0.1) is 0 Å². The highest BCUT2D eigenvalue weighted by Gasteiger charge is 2.35. The summed E-state index contributed by atoms with van der Waals surface area (Å²) in [5.74, 6) is -0.553. The third kappa shape index (κ3) is 5.01. The molecule has 2 amide bonds. The first-order valence-electron chi connectivity index (χ1n) is 12.2. The molecular weight excluding hydrogens is 606 g/mol. The van der Waals surface area contributed by atoms with Gasteiger partial charge in [-0.1, -0.05) is 6.07 Å². The molecule has 1 saturated heterocycles. The molecule has 2 aliphatic rings. The molecule has 200 valence electrons. The van der Waals surface area contributed by atoms with E-state index in [1.165, 1.54) is 20.3 Å². The molecule has 0 spiro atoms. The Morgan fingerprint density at radius 3 is 2.74 bits per heavy atom. The van der Waals surface area contributed by atoms with Crippen molar-refractivity contribution in [2.45, 2.75) is 12.3 Å². The van der Waals surface area contributed by atoms with Crippen LogP contribution in [-0.4, -0.2) is 76.7 Å². The van der Waals surface area contributed by atoms with Gasteiger partial charge in [-0.05, 0) is 18.2 Å². The summed E-state index contributed by atoms with van der Waals surface area (Å²) in [6.07, 6.45) is 3.44. The summed E-state index contributed by atoms with van der Waals surface area (Å²) < 4.78 is 27.5. The zero-order valence-corrected chi connectivity index (χ0v) is 23.2. The number of hydrogen-bond donors (Lipinski definition) is 3. The lowest BCUT2D eigenvalue weighted by Gasteiger charge is -2.33. The normalized spacial score (nSPS) is 17.5. The van der Waals surface area contributed by atoms with E-state index in [0.29, 0.717) is 59.3 Å². The SMILES string of the molecule is COc1cnccc1-c1[nH]c2c(c1Nc1cccc(F)c1OC)C(=O)NCC2CC(=O)N1CCN(I)CC1. The number of hydrogen-bond acceptors (Lipinski definition) is 7. The summed E-state index contributed by atoms with van der Waals surface area (Å²) in [7, 11) is 2.92. The molecule has 4 heterocycles. The topological polar surface area (TPSA) is 112 Å². The molecule has 0 radical (unpaired) electrons. The van der Waals surface area contributed by atoms with Crippen molar-refractivity contribution in [3.05, 3.63) is 53.7 Å². The first-order valence-corrected chi connectivity index (χ1v) is 13.2. The molecule has 2 aromatic heterocycles. The van der Waals surface area contributed by atoms with Gasteiger partial charge in [-0.2, -0.15) is 0 Å². The molecule has 2 aliphatic heterocycles. The minimum atomic E-state index is -0.538. The molecular formula is C26H28FIN6O4. The van der Waals surface area contributed by atoms with E-state index in [1.54, 1.807) is 30.6 Å². The van der Waals surface area contributed by atoms with Crippen molar-refractivity contribution >= 4 is 46.1 Å². The number of benzene rings is 1. The first kappa shape index (κ1) is 26.2. The van der Waals surface area contributed by atoms with E-state index in [0.717, 1.165) is 13.1 Å². The van der Waals surface area contributed by atoms with E-state index in [2.05, 4.69) is 46.6 Å². The number of aromatic nitrogens is 2. The number of nitrogens with zero attached hydrogens (tertiary/aromatic N) is 3. The number of para-hydroxylation sites is 1. The van der Waals surface area contributed by atoms with Crippen LogP contribution in [0.25, 0.3) is 11.3 Å². The smallest absolute Gasteiger partial charge is 0.255 e. The fourth-order valence-electron chi connectivity index (χ4n) is 4.94. The highest BCUT2D eigenvalue weighted by atomic mass is 127. The van der Waals surface area contributed by atoms with Gasteiger partial charge in [0.15, 0.2) is 11.6 Å². The number of halogens is 2. The number of anilines is 2. The molecule has 1 unspecified atom stereocenters. The van der Waals surface area contributed by atoms with Crippen LogP contribution in [0.2, 0.25) is 0 Å². The van der Waals surface area contributed by atoms with Crippen molar-refractivity contribution in [3.8, 4) is 22.8 Å². The van der Waals surface area contributed by atoms with Gasteiger partial charge in [0, 0.05) is 85.4 Å². The number of H-pyrrole nitrogens is 1. The van der Waals surface area contributed by atoms with E-state index in [1.807, 2.05) is 4.90 Å². The monoisotopic (exact) mass is 634 g/mol. The summed E-state index contributed by atoms with van der Waals surface area (Å²) in [5.41, 5.74) is 3.01. The highest BCUT2D eigenvalue weighted by molar-refractivity contribution is 14.1. The number of aromatic amines is 1. The van der Waals surface area contributed by atoms with Gasteiger partial charge in [-0.25, -0.2) is 7.50 Å². The molecule has 1 atom stereocenters. The molecule has 10 nitrogen and oxygen atoms in total. The zero-order valence-electron chi connectivity index (χ0n) is 21.0. The second-order valence-electron chi connectivity index (χ2n) is 9.09. The van der Waals surface area contributed by atoms with Crippen LogP contribution in [0.4, 0.5) is 15.8 Å². The van der Waals surface area contributed by atoms with E-state index in [4.69, 9.17) is 9.47 Å². The number of ether oxygens (including phenoxy) is 2. The van der Waals surface area contributed by atoms with E-state index in [-0.39, 0.29) is 29.9 Å². The standard InChI is InChI=1S/C26H28FIN6O4/c1-37-19-14-29-7-6-16(19)23-24(31-18-5-3-4-17(27)25(18)38-2)21-22(32-23)15(13-30-26(21)36)12-20(35)33-8-10-34(28)11-9-33/h3-7,14-15,31-32H,8-13H2,1-2H3,(H,30,36). The Balaban J connectivity index is 1.59. The van der Waals surface area contributed by atoms with Crippen LogP contribution in [0, 0.1) is 5.82 Å². The van der Waals surface area contributed by atoms with Crippen LogP contribution >= 0.6 is 22.9 Å². The molecule has 3 aromatic rings. The second-order valence-corrected chi connectivity index (χ2v) is 10.5. The van der Waals surface area contributed by atoms with Crippen LogP contribution in [0.15, 0.2) is 36.7 Å². The molecule has 0 aliphatic carbocycles. The largest absolute Gasteiger partial charge is 0.494 e. The number of piperazine rings is 1. The predicted molar refractivity (Wildman–Crippen MR) is 149 cm³/mol. The maximum absolute atomic E-state index is 14.5. The summed E-state index contributed by atoms with van der Waals surface area (Å²) in [6, 6.07) is 6.30. The Hall–Kier alpha value is -3.39. The van der Waals surface area contributed by atoms with Gasteiger partial charge in [0.1, 0.15) is 5.75 Å². The molecule has 0 bridgehead atoms. The lowest BCUT2D eigenvalue weighted by atomic mass is 9.92. The number of pyridine rings is 1. The molecule has 5 rings (SSSR count). The second kappa shape index (κ2) is 11.2. The van der Waals surface area contributed by atoms with Crippen LogP contribution in [0.5, 0.6) is 11.5 Å². The summed E-state index contributed by atoms with van der Waals surface area (Å²) >= 11 is 2.27. The fourth-order valence-corrected chi connectivity index (χ4v) is 5.37. The number of rotatable bonds is 7. The third-order valence-electron chi connectivity index (χ3n) is 6.88. The molecule has 1 fully saturated rings. The lowest BCUT2D eigenvalue weighted by molar-refractivity contribution is -0.132. The molecule has 38 heavy (non-hydrogen) atoms. The third-order valence-corrected chi connectivity index (χ3v) is 7.84. The number of amides is 2. The number of fused-ring (bicyclic) bond motifs is 1. The molecule has 0 saturated carbocycles. The quantitative estimate of drug-likeness (QED) is 0.269. The predicted octanol–water partition coefficient (Wildman–Crippen LogP) is 3.69. The Morgan fingerprint density at radius 1 is 1.21 bits per heavy atom. The van der Waals surface area contributed by atoms with Gasteiger partial charge in [0.25, 0.3) is 5.91 Å². The lowest BCUT2D eigenvalue weighted by Crippen LogP contribution is -2.46. The van der Waals surface area contributed by atoms with Gasteiger partial charge < -0.3 is 30.0 Å². The number of carbonyl (C=O) groups is 2. The van der Waals surface area contributed by atoms with Crippen LogP contribution in [-0.2, 0) is 4.79 Å². The van der Waals surface area contributed by atoms with E-state index < -0.39 is 5.82 Å². The Bertz CT molecular complexity index is 1360. The summed E-state index contributed by atoms with van der Waals surface area (Å²) in [4.78, 5) is 35.9. The van der Waals surface area contributed by atoms with Crippen molar-refractivity contribution in [1.82, 2.24) is 23.3 Å². The Kier molecular flexibility index (Phi) is 7.70. The number of nitrogens with one attached hydrogen (secondary N) is 3. The molecule has 12 heteroatoms. The van der Waals surface area contributed by atoms with E-state index in [9.17, 15) is 14.0 Å². The van der Waals surface area contributed by atoms with Crippen molar-refractivity contribution in [2.24, 2.45) is 0 Å². The Morgan fingerprint density at radius 2 is 2.00 bits per heavy atom. The number of carbonyl (C=O) groups excluding carboxylic acids is 2. The summed E-state index contributed by atoms with van der Waals surface area (Å²) in [5, 5.41) is 6.16. The van der Waals surface area contributed by atoms with Crippen molar-refractivity contribution < 1.29 is 23.5 Å². The first-order chi connectivity index (χ1) is 18.4. The minimum Gasteiger partial charge on any atom is -0.494 e.